The summed E-state index contributed by atoms with van der Waals surface area (Å²) < 4.78 is 5.69. The molecular formula is C30H28N2O5. The number of carbonyl (C=O) groups excluding carboxylic acids is 2. The third-order valence-corrected chi connectivity index (χ3v) is 6.60. The molecule has 7 nitrogen and oxygen atoms in total. The Balaban J connectivity index is 1.55. The largest absolute Gasteiger partial charge is 0.508 e. The maximum absolute atomic E-state index is 13.3. The van der Waals surface area contributed by atoms with Crippen LogP contribution in [-0.4, -0.2) is 44.9 Å². The fourth-order valence-electron chi connectivity index (χ4n) is 4.84. The zero-order chi connectivity index (χ0) is 25.9. The summed E-state index contributed by atoms with van der Waals surface area (Å²) in [5.41, 5.74) is 2.93. The molecule has 1 aliphatic heterocycles. The van der Waals surface area contributed by atoms with Gasteiger partial charge in [-0.05, 0) is 54.3 Å². The van der Waals surface area contributed by atoms with E-state index in [1.54, 1.807) is 36.4 Å². The van der Waals surface area contributed by atoms with Crippen LogP contribution in [0.3, 0.4) is 0 Å². The van der Waals surface area contributed by atoms with Crippen LogP contribution >= 0.6 is 0 Å². The first-order valence-electron chi connectivity index (χ1n) is 12.3. The number of H-pyrrole nitrogens is 1. The molecule has 1 saturated heterocycles. The summed E-state index contributed by atoms with van der Waals surface area (Å²) in [7, 11) is 0. The molecular weight excluding hydrogens is 468 g/mol. The highest BCUT2D eigenvalue weighted by Gasteiger charge is 2.46. The van der Waals surface area contributed by atoms with Crippen LogP contribution in [0.25, 0.3) is 16.7 Å². The molecule has 7 heteroatoms. The van der Waals surface area contributed by atoms with Gasteiger partial charge in [0, 0.05) is 29.2 Å². The SMILES string of the molecule is CCCOc1cccc(/C(O)=C2\C(=O)C(=O)N(CCc3c[nH]c4ccccc34)C2c2cccc(O)c2)c1. The van der Waals surface area contributed by atoms with Crippen LogP contribution in [0.15, 0.2) is 84.6 Å². The molecule has 1 amide bonds. The smallest absolute Gasteiger partial charge is 0.295 e. The molecule has 5 rings (SSSR count). The van der Waals surface area contributed by atoms with Gasteiger partial charge in [-0.15, -0.1) is 0 Å². The molecule has 0 saturated carbocycles. The topological polar surface area (TPSA) is 103 Å². The number of nitrogens with zero attached hydrogens (tertiary/aromatic N) is 1. The first-order valence-corrected chi connectivity index (χ1v) is 12.3. The van der Waals surface area contributed by atoms with E-state index in [1.165, 1.54) is 17.0 Å². The Kier molecular flexibility index (Phi) is 6.68. The van der Waals surface area contributed by atoms with Crippen LogP contribution in [-0.2, 0) is 16.0 Å². The number of ketones is 1. The number of amides is 1. The number of hydrogen-bond acceptors (Lipinski definition) is 5. The molecule has 1 aliphatic rings. The maximum Gasteiger partial charge on any atom is 0.295 e. The second-order valence-corrected chi connectivity index (χ2v) is 9.07. The number of likely N-dealkylation sites (tertiary alicyclic amines) is 1. The van der Waals surface area contributed by atoms with Gasteiger partial charge in [-0.1, -0.05) is 49.4 Å². The number of para-hydroxylation sites is 1. The van der Waals surface area contributed by atoms with Crippen molar-refractivity contribution in [2.24, 2.45) is 0 Å². The fourth-order valence-corrected chi connectivity index (χ4v) is 4.84. The van der Waals surface area contributed by atoms with E-state index in [9.17, 15) is 19.8 Å². The number of aliphatic hydroxyl groups excluding tert-OH is 1. The van der Waals surface area contributed by atoms with Gasteiger partial charge in [-0.2, -0.15) is 0 Å². The number of aromatic hydroxyl groups is 1. The maximum atomic E-state index is 13.3. The zero-order valence-electron chi connectivity index (χ0n) is 20.5. The lowest BCUT2D eigenvalue weighted by Gasteiger charge is -2.25. The van der Waals surface area contributed by atoms with Crippen LogP contribution in [0, 0.1) is 0 Å². The number of aromatic amines is 1. The highest BCUT2D eigenvalue weighted by Crippen LogP contribution is 2.40. The molecule has 0 spiro atoms. The molecule has 3 aromatic carbocycles. The number of phenols is 1. The normalized spacial score (nSPS) is 17.0. The number of nitrogens with one attached hydrogen (secondary N) is 1. The number of benzene rings is 3. The molecule has 1 atom stereocenters. The average Bonchev–Trinajstić information content (AvgIpc) is 3.44. The number of phenolic OH excluding ortho intramolecular Hbond substituents is 1. The van der Waals surface area contributed by atoms with E-state index in [-0.39, 0.29) is 23.6 Å². The standard InChI is InChI=1S/C30H28N2O5/c1-2-15-37-23-10-6-8-20(17-23)28(34)26-27(19-7-5-9-22(33)16-19)32(30(36)29(26)35)14-13-21-18-31-25-12-4-3-11-24(21)25/h3-12,16-18,27,31,33-34H,2,13-15H2,1H3/b28-26+. The van der Waals surface area contributed by atoms with Gasteiger partial charge in [-0.25, -0.2) is 0 Å². The molecule has 188 valence electrons. The van der Waals surface area contributed by atoms with Gasteiger partial charge in [-0.3, -0.25) is 9.59 Å². The van der Waals surface area contributed by atoms with E-state index in [2.05, 4.69) is 4.98 Å². The van der Waals surface area contributed by atoms with Crippen molar-refractivity contribution in [3.05, 3.63) is 101 Å². The van der Waals surface area contributed by atoms with Gasteiger partial charge in [0.1, 0.15) is 17.3 Å². The van der Waals surface area contributed by atoms with Gasteiger partial charge in [0.2, 0.25) is 0 Å². The summed E-state index contributed by atoms with van der Waals surface area (Å²) in [6.45, 7) is 2.77. The van der Waals surface area contributed by atoms with Crippen LogP contribution in [0.4, 0.5) is 0 Å². The lowest BCUT2D eigenvalue weighted by atomic mass is 9.95. The Morgan fingerprint density at radius 3 is 2.65 bits per heavy atom. The summed E-state index contributed by atoms with van der Waals surface area (Å²) in [5.74, 6) is -1.15. The number of aliphatic hydroxyl groups is 1. The highest BCUT2D eigenvalue weighted by atomic mass is 16.5. The quantitative estimate of drug-likeness (QED) is 0.174. The minimum absolute atomic E-state index is 0.00896. The van der Waals surface area contributed by atoms with Crippen LogP contribution in [0.1, 0.15) is 36.1 Å². The van der Waals surface area contributed by atoms with E-state index in [4.69, 9.17) is 4.74 Å². The van der Waals surface area contributed by atoms with Crippen LogP contribution in [0.5, 0.6) is 11.5 Å². The number of aromatic nitrogens is 1. The fraction of sp³-hybridized carbons (Fsp3) is 0.200. The summed E-state index contributed by atoms with van der Waals surface area (Å²) in [5, 5.41) is 22.5. The van der Waals surface area contributed by atoms with Gasteiger partial charge >= 0.3 is 0 Å². The summed E-state index contributed by atoms with van der Waals surface area (Å²) in [6, 6.07) is 20.3. The van der Waals surface area contributed by atoms with Crippen molar-refractivity contribution in [3.63, 3.8) is 0 Å². The predicted molar refractivity (Wildman–Crippen MR) is 141 cm³/mol. The summed E-state index contributed by atoms with van der Waals surface area (Å²) in [4.78, 5) is 31.3. The minimum Gasteiger partial charge on any atom is -0.508 e. The Labute approximate surface area is 214 Å². The average molecular weight is 497 g/mol. The number of ether oxygens (including phenoxy) is 1. The summed E-state index contributed by atoms with van der Waals surface area (Å²) >= 11 is 0. The summed E-state index contributed by atoms with van der Waals surface area (Å²) in [6.07, 6.45) is 3.24. The monoisotopic (exact) mass is 496 g/mol. The highest BCUT2D eigenvalue weighted by molar-refractivity contribution is 6.46. The van der Waals surface area contributed by atoms with Crippen molar-refractivity contribution in [2.45, 2.75) is 25.8 Å². The molecule has 1 aromatic heterocycles. The second-order valence-electron chi connectivity index (χ2n) is 9.07. The Morgan fingerprint density at radius 1 is 1.03 bits per heavy atom. The number of Topliss-reactive ketones (excluding diaryl/α,β-unsaturated/α-hetero) is 1. The van der Waals surface area contributed by atoms with Crippen molar-refractivity contribution in [1.29, 1.82) is 0 Å². The molecule has 1 fully saturated rings. The van der Waals surface area contributed by atoms with Crippen LogP contribution in [0.2, 0.25) is 0 Å². The van der Waals surface area contributed by atoms with E-state index in [1.807, 2.05) is 37.4 Å². The van der Waals surface area contributed by atoms with Crippen LogP contribution < -0.4 is 4.74 Å². The third-order valence-electron chi connectivity index (χ3n) is 6.60. The lowest BCUT2D eigenvalue weighted by Crippen LogP contribution is -2.31. The number of carbonyl (C=O) groups is 2. The van der Waals surface area contributed by atoms with Gasteiger partial charge in [0.15, 0.2) is 0 Å². The van der Waals surface area contributed by atoms with E-state index in [0.29, 0.717) is 29.9 Å². The Morgan fingerprint density at radius 2 is 1.84 bits per heavy atom. The van der Waals surface area contributed by atoms with Crippen molar-refractivity contribution in [1.82, 2.24) is 9.88 Å². The second kappa shape index (κ2) is 10.2. The van der Waals surface area contributed by atoms with E-state index in [0.717, 1.165) is 22.9 Å². The molecule has 0 aliphatic carbocycles. The molecule has 1 unspecified atom stereocenters. The van der Waals surface area contributed by atoms with Gasteiger partial charge in [0.05, 0.1) is 18.2 Å². The number of rotatable bonds is 8. The molecule has 0 bridgehead atoms. The zero-order valence-corrected chi connectivity index (χ0v) is 20.5. The first kappa shape index (κ1) is 24.2. The lowest BCUT2D eigenvalue weighted by molar-refractivity contribution is -0.139. The van der Waals surface area contributed by atoms with Crippen molar-refractivity contribution in [3.8, 4) is 11.5 Å². The molecule has 3 N–H and O–H groups in total. The minimum atomic E-state index is -0.850. The molecule has 2 heterocycles. The first-order chi connectivity index (χ1) is 18.0. The predicted octanol–water partition coefficient (Wildman–Crippen LogP) is 5.33. The van der Waals surface area contributed by atoms with Crippen molar-refractivity contribution >= 4 is 28.4 Å². The Bertz CT molecular complexity index is 1500. The molecule has 0 radical (unpaired) electrons. The molecule has 37 heavy (non-hydrogen) atoms. The van der Waals surface area contributed by atoms with Crippen molar-refractivity contribution in [2.75, 3.05) is 13.2 Å². The van der Waals surface area contributed by atoms with Gasteiger partial charge < -0.3 is 24.8 Å². The molecule has 4 aromatic rings. The van der Waals surface area contributed by atoms with Gasteiger partial charge in [0.25, 0.3) is 11.7 Å². The van der Waals surface area contributed by atoms with Crippen molar-refractivity contribution < 1.29 is 24.5 Å². The third kappa shape index (κ3) is 4.68. The van der Waals surface area contributed by atoms with E-state index < -0.39 is 17.7 Å². The number of fused-ring (bicyclic) bond motifs is 1. The number of hydrogen-bond donors (Lipinski definition) is 3. The van der Waals surface area contributed by atoms with E-state index >= 15 is 0 Å². The Hall–Kier alpha value is -4.52.